The molecule has 7 heteroatoms. The lowest BCUT2D eigenvalue weighted by Gasteiger charge is -2.33. The Balaban J connectivity index is 1.64. The van der Waals surface area contributed by atoms with Crippen molar-refractivity contribution < 1.29 is 14.3 Å². The van der Waals surface area contributed by atoms with Crippen molar-refractivity contribution in [2.45, 2.75) is 26.0 Å². The Hall–Kier alpha value is -1.63. The molecule has 1 aliphatic heterocycles. The number of rotatable bonds is 8. The van der Waals surface area contributed by atoms with Crippen LogP contribution in [-0.4, -0.2) is 55.5 Å². The van der Waals surface area contributed by atoms with Crippen molar-refractivity contribution in [1.29, 1.82) is 0 Å². The standard InChI is InChI=1S/C17H24ClN3O3/c1-2-21-9-7-20-17(23)15(21)11-16(22)19-8-10-24-12-13-3-5-14(18)6-4-13/h3-6,15H,2,7-12H2,1H3,(H,19,22)(H,20,23)/t15-/m0/s1. The third-order valence-electron chi connectivity index (χ3n) is 3.98. The first-order valence-corrected chi connectivity index (χ1v) is 8.58. The third kappa shape index (κ3) is 5.78. The average Bonchev–Trinajstić information content (AvgIpc) is 2.58. The van der Waals surface area contributed by atoms with Crippen molar-refractivity contribution in [1.82, 2.24) is 15.5 Å². The van der Waals surface area contributed by atoms with Crippen LogP contribution in [0.2, 0.25) is 5.02 Å². The van der Waals surface area contributed by atoms with Crippen molar-refractivity contribution in [2.24, 2.45) is 0 Å². The Morgan fingerprint density at radius 1 is 1.42 bits per heavy atom. The Morgan fingerprint density at radius 2 is 2.17 bits per heavy atom. The molecule has 1 aromatic carbocycles. The summed E-state index contributed by atoms with van der Waals surface area (Å²) in [6, 6.07) is 7.07. The Morgan fingerprint density at radius 3 is 2.88 bits per heavy atom. The van der Waals surface area contributed by atoms with Crippen LogP contribution in [-0.2, 0) is 20.9 Å². The minimum absolute atomic E-state index is 0.0720. The highest BCUT2D eigenvalue weighted by atomic mass is 35.5. The van der Waals surface area contributed by atoms with Crippen LogP contribution >= 0.6 is 11.6 Å². The van der Waals surface area contributed by atoms with Crippen LogP contribution in [0.3, 0.4) is 0 Å². The molecule has 1 aromatic rings. The number of piperazine rings is 1. The second kappa shape index (κ2) is 9.61. The van der Waals surface area contributed by atoms with Crippen LogP contribution in [0.4, 0.5) is 0 Å². The number of hydrogen-bond donors (Lipinski definition) is 2. The fraction of sp³-hybridized carbons (Fsp3) is 0.529. The van der Waals surface area contributed by atoms with Gasteiger partial charge >= 0.3 is 0 Å². The molecule has 0 radical (unpaired) electrons. The number of hydrogen-bond acceptors (Lipinski definition) is 4. The van der Waals surface area contributed by atoms with Crippen molar-refractivity contribution in [3.63, 3.8) is 0 Å². The topological polar surface area (TPSA) is 70.7 Å². The largest absolute Gasteiger partial charge is 0.375 e. The number of carbonyl (C=O) groups excluding carboxylic acids is 2. The van der Waals surface area contributed by atoms with Crippen molar-refractivity contribution in [3.05, 3.63) is 34.9 Å². The molecule has 1 heterocycles. The molecule has 132 valence electrons. The SMILES string of the molecule is CCN1CCNC(=O)[C@@H]1CC(=O)NCCOCc1ccc(Cl)cc1. The van der Waals surface area contributed by atoms with E-state index < -0.39 is 0 Å². The van der Waals surface area contributed by atoms with Crippen molar-refractivity contribution >= 4 is 23.4 Å². The van der Waals surface area contributed by atoms with Crippen LogP contribution in [0.1, 0.15) is 18.9 Å². The van der Waals surface area contributed by atoms with E-state index in [1.165, 1.54) is 0 Å². The van der Waals surface area contributed by atoms with Gasteiger partial charge in [0.05, 0.1) is 25.7 Å². The van der Waals surface area contributed by atoms with E-state index in [1.54, 1.807) is 0 Å². The fourth-order valence-corrected chi connectivity index (χ4v) is 2.77. The highest BCUT2D eigenvalue weighted by Crippen LogP contribution is 2.10. The van der Waals surface area contributed by atoms with Gasteiger partial charge in [-0.25, -0.2) is 0 Å². The van der Waals surface area contributed by atoms with Crippen LogP contribution < -0.4 is 10.6 Å². The fourth-order valence-electron chi connectivity index (χ4n) is 2.64. The van der Waals surface area contributed by atoms with E-state index in [2.05, 4.69) is 10.6 Å². The lowest BCUT2D eigenvalue weighted by molar-refractivity contribution is -0.133. The summed E-state index contributed by atoms with van der Waals surface area (Å²) in [5.74, 6) is -0.206. The van der Waals surface area contributed by atoms with E-state index in [1.807, 2.05) is 36.1 Å². The predicted octanol–water partition coefficient (Wildman–Crippen LogP) is 1.18. The number of amides is 2. The molecule has 0 saturated carbocycles. The third-order valence-corrected chi connectivity index (χ3v) is 4.23. The molecule has 2 N–H and O–H groups in total. The van der Waals surface area contributed by atoms with E-state index >= 15 is 0 Å². The van der Waals surface area contributed by atoms with Gasteiger partial charge in [-0.05, 0) is 24.2 Å². The molecule has 1 fully saturated rings. The summed E-state index contributed by atoms with van der Waals surface area (Å²) in [5, 5.41) is 6.30. The Labute approximate surface area is 147 Å². The molecular weight excluding hydrogens is 330 g/mol. The van der Waals surface area contributed by atoms with Gasteiger partial charge in [0.1, 0.15) is 0 Å². The molecule has 0 bridgehead atoms. The maximum absolute atomic E-state index is 12.0. The molecule has 2 amide bonds. The average molecular weight is 354 g/mol. The maximum atomic E-state index is 12.0. The highest BCUT2D eigenvalue weighted by molar-refractivity contribution is 6.30. The summed E-state index contributed by atoms with van der Waals surface area (Å²) in [6.07, 6.45) is 0.177. The van der Waals surface area contributed by atoms with Crippen molar-refractivity contribution in [2.75, 3.05) is 32.8 Å². The highest BCUT2D eigenvalue weighted by Gasteiger charge is 2.30. The summed E-state index contributed by atoms with van der Waals surface area (Å²) in [6.45, 7) is 5.49. The van der Waals surface area contributed by atoms with Gasteiger partial charge in [0.2, 0.25) is 11.8 Å². The van der Waals surface area contributed by atoms with Gasteiger partial charge in [0.25, 0.3) is 0 Å². The summed E-state index contributed by atoms with van der Waals surface area (Å²) < 4.78 is 5.52. The number of ether oxygens (including phenoxy) is 1. The number of halogens is 1. The van der Waals surface area contributed by atoms with E-state index in [-0.39, 0.29) is 24.3 Å². The summed E-state index contributed by atoms with van der Waals surface area (Å²) in [7, 11) is 0. The Bertz CT molecular complexity index is 551. The van der Waals surface area contributed by atoms with Gasteiger partial charge in [-0.1, -0.05) is 30.7 Å². The maximum Gasteiger partial charge on any atom is 0.237 e. The number of likely N-dealkylation sites (N-methyl/N-ethyl adjacent to an activating group) is 1. The number of nitrogens with zero attached hydrogens (tertiary/aromatic N) is 1. The second-order valence-electron chi connectivity index (χ2n) is 5.67. The smallest absolute Gasteiger partial charge is 0.237 e. The monoisotopic (exact) mass is 353 g/mol. The van der Waals surface area contributed by atoms with Gasteiger partial charge in [0, 0.05) is 24.7 Å². The zero-order valence-electron chi connectivity index (χ0n) is 13.9. The van der Waals surface area contributed by atoms with Crippen LogP contribution in [0.25, 0.3) is 0 Å². The van der Waals surface area contributed by atoms with Crippen LogP contribution in [0.5, 0.6) is 0 Å². The van der Waals surface area contributed by atoms with E-state index in [0.29, 0.717) is 31.3 Å². The van der Waals surface area contributed by atoms with Gasteiger partial charge < -0.3 is 15.4 Å². The predicted molar refractivity (Wildman–Crippen MR) is 92.8 cm³/mol. The first-order chi connectivity index (χ1) is 11.6. The molecule has 1 atom stereocenters. The molecule has 1 aliphatic rings. The molecule has 6 nitrogen and oxygen atoms in total. The minimum Gasteiger partial charge on any atom is -0.375 e. The molecule has 0 aromatic heterocycles. The normalized spacial score (nSPS) is 18.2. The molecule has 0 aliphatic carbocycles. The van der Waals surface area contributed by atoms with Gasteiger partial charge in [-0.15, -0.1) is 0 Å². The summed E-state index contributed by atoms with van der Waals surface area (Å²) in [4.78, 5) is 25.9. The number of nitrogens with one attached hydrogen (secondary N) is 2. The molecule has 0 spiro atoms. The lowest BCUT2D eigenvalue weighted by atomic mass is 10.1. The molecule has 2 rings (SSSR count). The molecule has 1 saturated heterocycles. The van der Waals surface area contributed by atoms with Crippen molar-refractivity contribution in [3.8, 4) is 0 Å². The Kier molecular flexibility index (Phi) is 7.49. The van der Waals surface area contributed by atoms with E-state index in [4.69, 9.17) is 16.3 Å². The van der Waals surface area contributed by atoms with Gasteiger partial charge in [-0.2, -0.15) is 0 Å². The zero-order chi connectivity index (χ0) is 17.4. The van der Waals surface area contributed by atoms with Gasteiger partial charge in [-0.3, -0.25) is 14.5 Å². The minimum atomic E-state index is -0.376. The lowest BCUT2D eigenvalue weighted by Crippen LogP contribution is -2.56. The van der Waals surface area contributed by atoms with E-state index in [9.17, 15) is 9.59 Å². The number of carbonyl (C=O) groups is 2. The second-order valence-corrected chi connectivity index (χ2v) is 6.10. The first kappa shape index (κ1) is 18.7. The summed E-state index contributed by atoms with van der Waals surface area (Å²) >= 11 is 5.82. The zero-order valence-corrected chi connectivity index (χ0v) is 14.6. The molecule has 0 unspecified atom stereocenters. The summed E-state index contributed by atoms with van der Waals surface area (Å²) in [5.41, 5.74) is 1.03. The number of benzene rings is 1. The van der Waals surface area contributed by atoms with E-state index in [0.717, 1.165) is 18.7 Å². The molecule has 24 heavy (non-hydrogen) atoms. The first-order valence-electron chi connectivity index (χ1n) is 8.20. The molecular formula is C17H24ClN3O3. The van der Waals surface area contributed by atoms with Crippen LogP contribution in [0.15, 0.2) is 24.3 Å². The van der Waals surface area contributed by atoms with Crippen LogP contribution in [0, 0.1) is 0 Å². The quantitative estimate of drug-likeness (QED) is 0.689. The van der Waals surface area contributed by atoms with Gasteiger partial charge in [0.15, 0.2) is 0 Å².